The maximum Gasteiger partial charge on any atom is 0.317 e. The summed E-state index contributed by atoms with van der Waals surface area (Å²) in [5.74, 6) is 1.64. The molecule has 2 heterocycles. The number of urea groups is 1. The molecule has 0 unspecified atom stereocenters. The summed E-state index contributed by atoms with van der Waals surface area (Å²) in [6.45, 7) is 3.03. The van der Waals surface area contributed by atoms with E-state index in [0.717, 1.165) is 43.3 Å². The first-order chi connectivity index (χ1) is 12.2. The normalized spacial score (nSPS) is 26.4. The number of amides is 2. The molecule has 5 heteroatoms. The number of nitrogens with zero attached hydrogens (tertiary/aromatic N) is 2. The van der Waals surface area contributed by atoms with E-state index in [2.05, 4.69) is 17.3 Å². The fraction of sp³-hybridized carbons (Fsp3) is 0.650. The SMILES string of the molecule is CN1[C@H]2CC[C@H]1CN(C(=O)NCc1ccccc1OCC1CC1)CC2. The molecule has 136 valence electrons. The number of carbonyl (C=O) groups excluding carboxylic acids is 1. The number of ether oxygens (including phenoxy) is 1. The molecule has 4 rings (SSSR count). The highest BCUT2D eigenvalue weighted by atomic mass is 16.5. The summed E-state index contributed by atoms with van der Waals surface area (Å²) >= 11 is 0. The van der Waals surface area contributed by atoms with Crippen LogP contribution in [0.4, 0.5) is 4.79 Å². The largest absolute Gasteiger partial charge is 0.493 e. The molecule has 2 aliphatic heterocycles. The van der Waals surface area contributed by atoms with E-state index in [1.807, 2.05) is 29.2 Å². The van der Waals surface area contributed by atoms with Crippen LogP contribution in [-0.4, -0.2) is 54.7 Å². The Morgan fingerprint density at radius 3 is 2.80 bits per heavy atom. The van der Waals surface area contributed by atoms with Crippen LogP contribution in [0.1, 0.15) is 37.7 Å². The second-order valence-corrected chi connectivity index (χ2v) is 7.81. The molecule has 3 fully saturated rings. The summed E-state index contributed by atoms with van der Waals surface area (Å²) in [6.07, 6.45) is 6.14. The molecule has 1 aliphatic carbocycles. The van der Waals surface area contributed by atoms with E-state index < -0.39 is 0 Å². The minimum Gasteiger partial charge on any atom is -0.493 e. The van der Waals surface area contributed by atoms with Crippen LogP contribution < -0.4 is 10.1 Å². The standard InChI is InChI=1S/C20H29N3O2/c1-22-17-8-9-18(22)13-23(11-10-17)20(24)21-12-16-4-2-3-5-19(16)25-14-15-6-7-15/h2-5,15,17-18H,6-14H2,1H3,(H,21,24)/t17-,18-/m0/s1. The molecule has 1 aromatic rings. The van der Waals surface area contributed by atoms with Gasteiger partial charge in [-0.15, -0.1) is 0 Å². The Bertz CT molecular complexity index is 617. The van der Waals surface area contributed by atoms with Gasteiger partial charge in [-0.3, -0.25) is 4.90 Å². The number of hydrogen-bond acceptors (Lipinski definition) is 3. The summed E-state index contributed by atoms with van der Waals surface area (Å²) in [7, 11) is 2.21. The average molecular weight is 343 g/mol. The highest BCUT2D eigenvalue weighted by Crippen LogP contribution is 2.30. The Hall–Kier alpha value is -1.75. The molecule has 2 saturated heterocycles. The molecule has 5 nitrogen and oxygen atoms in total. The lowest BCUT2D eigenvalue weighted by atomic mass is 10.1. The highest BCUT2D eigenvalue weighted by Gasteiger charge is 2.35. The molecule has 2 amide bonds. The molecule has 1 N–H and O–H groups in total. The Morgan fingerprint density at radius 2 is 1.96 bits per heavy atom. The number of benzene rings is 1. The van der Waals surface area contributed by atoms with Gasteiger partial charge in [0, 0.05) is 37.3 Å². The van der Waals surface area contributed by atoms with E-state index in [4.69, 9.17) is 4.74 Å². The van der Waals surface area contributed by atoms with E-state index >= 15 is 0 Å². The topological polar surface area (TPSA) is 44.8 Å². The Labute approximate surface area is 150 Å². The molecular weight excluding hydrogens is 314 g/mol. The van der Waals surface area contributed by atoms with Crippen LogP contribution >= 0.6 is 0 Å². The fourth-order valence-corrected chi connectivity index (χ4v) is 4.06. The quantitative estimate of drug-likeness (QED) is 0.894. The van der Waals surface area contributed by atoms with Crippen molar-refractivity contribution in [1.82, 2.24) is 15.1 Å². The van der Waals surface area contributed by atoms with Crippen LogP contribution in [0.5, 0.6) is 5.75 Å². The molecule has 2 atom stereocenters. The molecule has 0 aromatic heterocycles. The molecule has 0 spiro atoms. The molecule has 3 aliphatic rings. The minimum atomic E-state index is 0.0537. The molecule has 2 bridgehead atoms. The van der Waals surface area contributed by atoms with Crippen LogP contribution in [-0.2, 0) is 6.54 Å². The lowest BCUT2D eigenvalue weighted by Crippen LogP contribution is -2.44. The predicted octanol–water partition coefficient (Wildman–Crippen LogP) is 2.85. The van der Waals surface area contributed by atoms with Crippen molar-refractivity contribution in [2.75, 3.05) is 26.7 Å². The Balaban J connectivity index is 1.32. The third-order valence-corrected chi connectivity index (χ3v) is 6.01. The van der Waals surface area contributed by atoms with Gasteiger partial charge in [-0.05, 0) is 51.1 Å². The average Bonchev–Trinajstić information content (AvgIpc) is 3.38. The van der Waals surface area contributed by atoms with Gasteiger partial charge in [0.1, 0.15) is 5.75 Å². The molecule has 1 aromatic carbocycles. The van der Waals surface area contributed by atoms with E-state index in [-0.39, 0.29) is 6.03 Å². The van der Waals surface area contributed by atoms with Crippen molar-refractivity contribution >= 4 is 6.03 Å². The maximum absolute atomic E-state index is 12.7. The van der Waals surface area contributed by atoms with E-state index in [9.17, 15) is 4.79 Å². The van der Waals surface area contributed by atoms with Crippen LogP contribution in [0.25, 0.3) is 0 Å². The summed E-state index contributed by atoms with van der Waals surface area (Å²) in [5.41, 5.74) is 1.06. The first-order valence-corrected chi connectivity index (χ1v) is 9.66. The minimum absolute atomic E-state index is 0.0537. The first-order valence-electron chi connectivity index (χ1n) is 9.66. The van der Waals surface area contributed by atoms with Crippen molar-refractivity contribution < 1.29 is 9.53 Å². The number of para-hydroxylation sites is 1. The van der Waals surface area contributed by atoms with Gasteiger partial charge in [-0.1, -0.05) is 18.2 Å². The van der Waals surface area contributed by atoms with Gasteiger partial charge in [0.2, 0.25) is 0 Å². The molecule has 0 radical (unpaired) electrons. The second-order valence-electron chi connectivity index (χ2n) is 7.81. The highest BCUT2D eigenvalue weighted by molar-refractivity contribution is 5.74. The zero-order valence-corrected chi connectivity index (χ0v) is 15.1. The Morgan fingerprint density at radius 1 is 1.16 bits per heavy atom. The van der Waals surface area contributed by atoms with Crippen LogP contribution in [0, 0.1) is 5.92 Å². The number of hydrogen-bond donors (Lipinski definition) is 1. The summed E-state index contributed by atoms with van der Waals surface area (Å²) in [4.78, 5) is 17.1. The van der Waals surface area contributed by atoms with Crippen LogP contribution in [0.15, 0.2) is 24.3 Å². The van der Waals surface area contributed by atoms with Crippen molar-refractivity contribution in [3.8, 4) is 5.75 Å². The number of carbonyl (C=O) groups is 1. The molecule has 1 saturated carbocycles. The van der Waals surface area contributed by atoms with Gasteiger partial charge in [-0.2, -0.15) is 0 Å². The van der Waals surface area contributed by atoms with Gasteiger partial charge in [0.15, 0.2) is 0 Å². The fourth-order valence-electron chi connectivity index (χ4n) is 4.06. The van der Waals surface area contributed by atoms with Crippen molar-refractivity contribution in [1.29, 1.82) is 0 Å². The number of fused-ring (bicyclic) bond motifs is 2. The third-order valence-electron chi connectivity index (χ3n) is 6.01. The summed E-state index contributed by atoms with van der Waals surface area (Å²) in [6, 6.07) is 9.27. The first kappa shape index (κ1) is 16.7. The van der Waals surface area contributed by atoms with E-state index in [1.165, 1.54) is 25.7 Å². The van der Waals surface area contributed by atoms with Gasteiger partial charge in [0.25, 0.3) is 0 Å². The molecule has 25 heavy (non-hydrogen) atoms. The van der Waals surface area contributed by atoms with E-state index in [1.54, 1.807) is 0 Å². The third kappa shape index (κ3) is 3.92. The summed E-state index contributed by atoms with van der Waals surface area (Å²) in [5, 5.41) is 3.10. The maximum atomic E-state index is 12.7. The number of rotatable bonds is 5. The van der Waals surface area contributed by atoms with Crippen molar-refractivity contribution in [3.05, 3.63) is 29.8 Å². The van der Waals surface area contributed by atoms with Gasteiger partial charge in [0.05, 0.1) is 6.61 Å². The molecular formula is C20H29N3O2. The van der Waals surface area contributed by atoms with E-state index in [0.29, 0.717) is 18.6 Å². The zero-order valence-electron chi connectivity index (χ0n) is 15.1. The van der Waals surface area contributed by atoms with Gasteiger partial charge < -0.3 is 15.0 Å². The lowest BCUT2D eigenvalue weighted by molar-refractivity contribution is 0.187. The zero-order chi connectivity index (χ0) is 17.2. The summed E-state index contributed by atoms with van der Waals surface area (Å²) < 4.78 is 5.94. The van der Waals surface area contributed by atoms with Gasteiger partial charge >= 0.3 is 6.03 Å². The Kier molecular flexibility index (Phi) is 4.84. The monoisotopic (exact) mass is 343 g/mol. The lowest BCUT2D eigenvalue weighted by Gasteiger charge is -2.26. The van der Waals surface area contributed by atoms with Crippen LogP contribution in [0.2, 0.25) is 0 Å². The smallest absolute Gasteiger partial charge is 0.317 e. The van der Waals surface area contributed by atoms with Gasteiger partial charge in [-0.25, -0.2) is 4.79 Å². The number of nitrogens with one attached hydrogen (secondary N) is 1. The second kappa shape index (κ2) is 7.24. The van der Waals surface area contributed by atoms with Crippen molar-refractivity contribution in [2.45, 2.75) is 50.7 Å². The number of likely N-dealkylation sites (tertiary alicyclic amines) is 1. The number of likely N-dealkylation sites (N-methyl/N-ethyl adjacent to an activating group) is 1. The van der Waals surface area contributed by atoms with Crippen molar-refractivity contribution in [2.24, 2.45) is 5.92 Å². The van der Waals surface area contributed by atoms with Crippen molar-refractivity contribution in [3.63, 3.8) is 0 Å². The predicted molar refractivity (Wildman–Crippen MR) is 97.7 cm³/mol. The van der Waals surface area contributed by atoms with Crippen LogP contribution in [0.3, 0.4) is 0 Å².